The molecule has 0 radical (unpaired) electrons. The van der Waals surface area contributed by atoms with Crippen molar-refractivity contribution >= 4 is 5.91 Å². The molecule has 0 spiro atoms. The zero-order valence-corrected chi connectivity index (χ0v) is 7.94. The van der Waals surface area contributed by atoms with E-state index in [1.807, 2.05) is 6.92 Å². The van der Waals surface area contributed by atoms with Gasteiger partial charge in [0, 0.05) is 13.1 Å². The standard InChI is InChI=1S/C8H18N2O3/c1-2-7(9)8(13)10(3-5-11)4-6-12/h7,11-12H,2-6,9H2,1H3/t7-/m0/s1. The van der Waals surface area contributed by atoms with Crippen LogP contribution in [0.4, 0.5) is 0 Å². The van der Waals surface area contributed by atoms with Crippen molar-refractivity contribution in [3.05, 3.63) is 0 Å². The molecule has 78 valence electrons. The highest BCUT2D eigenvalue weighted by Crippen LogP contribution is 1.96. The summed E-state index contributed by atoms with van der Waals surface area (Å²) in [5.74, 6) is -0.217. The molecule has 13 heavy (non-hydrogen) atoms. The van der Waals surface area contributed by atoms with Gasteiger partial charge in [0.1, 0.15) is 0 Å². The molecule has 1 amide bonds. The topological polar surface area (TPSA) is 86.8 Å². The van der Waals surface area contributed by atoms with E-state index in [-0.39, 0.29) is 32.2 Å². The SMILES string of the molecule is CC[C@H](N)C(=O)N(CCO)CCO. The van der Waals surface area contributed by atoms with Gasteiger partial charge in [0.25, 0.3) is 0 Å². The van der Waals surface area contributed by atoms with Crippen molar-refractivity contribution in [2.45, 2.75) is 19.4 Å². The Morgan fingerprint density at radius 3 is 2.15 bits per heavy atom. The van der Waals surface area contributed by atoms with Gasteiger partial charge in [-0.25, -0.2) is 0 Å². The largest absolute Gasteiger partial charge is 0.395 e. The molecule has 0 saturated carbocycles. The molecule has 0 heterocycles. The Balaban J connectivity index is 4.09. The highest BCUT2D eigenvalue weighted by Gasteiger charge is 2.18. The average molecular weight is 190 g/mol. The smallest absolute Gasteiger partial charge is 0.239 e. The zero-order chi connectivity index (χ0) is 10.3. The third-order valence-electron chi connectivity index (χ3n) is 1.81. The third-order valence-corrected chi connectivity index (χ3v) is 1.81. The molecule has 0 aliphatic carbocycles. The number of hydrogen-bond donors (Lipinski definition) is 3. The Bertz CT molecular complexity index is 146. The van der Waals surface area contributed by atoms with Gasteiger partial charge in [-0.05, 0) is 6.42 Å². The molecule has 1 atom stereocenters. The summed E-state index contributed by atoms with van der Waals surface area (Å²) in [6, 6.07) is -0.530. The number of nitrogens with two attached hydrogens (primary N) is 1. The number of nitrogens with zero attached hydrogens (tertiary/aromatic N) is 1. The Morgan fingerprint density at radius 2 is 1.85 bits per heavy atom. The Labute approximate surface area is 78.1 Å². The van der Waals surface area contributed by atoms with Crippen LogP contribution < -0.4 is 5.73 Å². The average Bonchev–Trinajstić information content (AvgIpc) is 2.15. The Morgan fingerprint density at radius 1 is 1.38 bits per heavy atom. The molecule has 0 saturated heterocycles. The molecule has 0 rings (SSSR count). The van der Waals surface area contributed by atoms with Crippen molar-refractivity contribution in [1.29, 1.82) is 0 Å². The lowest BCUT2D eigenvalue weighted by atomic mass is 10.2. The van der Waals surface area contributed by atoms with Gasteiger partial charge in [-0.2, -0.15) is 0 Å². The van der Waals surface area contributed by atoms with Crippen LogP contribution in [0.2, 0.25) is 0 Å². The molecule has 4 N–H and O–H groups in total. The second-order valence-corrected chi connectivity index (χ2v) is 2.79. The summed E-state index contributed by atoms with van der Waals surface area (Å²) in [5.41, 5.74) is 5.52. The number of aliphatic hydroxyl groups excluding tert-OH is 2. The quantitative estimate of drug-likeness (QED) is 0.477. The first-order valence-corrected chi connectivity index (χ1v) is 4.43. The van der Waals surface area contributed by atoms with Crippen LogP contribution in [0.15, 0.2) is 0 Å². The Hall–Kier alpha value is -0.650. The van der Waals surface area contributed by atoms with Crippen molar-refractivity contribution in [3.63, 3.8) is 0 Å². The van der Waals surface area contributed by atoms with E-state index < -0.39 is 6.04 Å². The number of carbonyl (C=O) groups excluding carboxylic acids is 1. The molecule has 0 bridgehead atoms. The molecule has 5 heteroatoms. The highest BCUT2D eigenvalue weighted by atomic mass is 16.3. The lowest BCUT2D eigenvalue weighted by molar-refractivity contribution is -0.133. The monoisotopic (exact) mass is 190 g/mol. The van der Waals surface area contributed by atoms with E-state index in [1.54, 1.807) is 0 Å². The maximum atomic E-state index is 11.4. The summed E-state index contributed by atoms with van der Waals surface area (Å²) >= 11 is 0. The molecular formula is C8H18N2O3. The number of carbonyl (C=O) groups is 1. The van der Waals surface area contributed by atoms with Crippen LogP contribution >= 0.6 is 0 Å². The number of aliphatic hydroxyl groups is 2. The summed E-state index contributed by atoms with van der Waals surface area (Å²) < 4.78 is 0. The van der Waals surface area contributed by atoms with E-state index in [2.05, 4.69) is 0 Å². The van der Waals surface area contributed by atoms with E-state index in [0.29, 0.717) is 6.42 Å². The predicted octanol–water partition coefficient (Wildman–Crippen LogP) is -1.46. The van der Waals surface area contributed by atoms with Crippen molar-refractivity contribution in [1.82, 2.24) is 4.90 Å². The van der Waals surface area contributed by atoms with Crippen molar-refractivity contribution in [2.75, 3.05) is 26.3 Å². The normalized spacial score (nSPS) is 12.6. The molecule has 0 aliphatic rings. The van der Waals surface area contributed by atoms with E-state index in [9.17, 15) is 4.79 Å². The lowest BCUT2D eigenvalue weighted by Gasteiger charge is -2.23. The zero-order valence-electron chi connectivity index (χ0n) is 7.94. The number of rotatable bonds is 6. The van der Waals surface area contributed by atoms with Gasteiger partial charge < -0.3 is 20.8 Å². The summed E-state index contributed by atoms with van der Waals surface area (Å²) in [7, 11) is 0. The Kier molecular flexibility index (Phi) is 6.48. The first-order chi connectivity index (χ1) is 6.17. The fraction of sp³-hybridized carbons (Fsp3) is 0.875. The third kappa shape index (κ3) is 4.21. The van der Waals surface area contributed by atoms with Crippen LogP contribution in [0.3, 0.4) is 0 Å². The lowest BCUT2D eigenvalue weighted by Crippen LogP contribution is -2.45. The van der Waals surface area contributed by atoms with Crippen LogP contribution in [0.5, 0.6) is 0 Å². The molecule has 0 aliphatic heterocycles. The molecule has 0 aromatic rings. The maximum absolute atomic E-state index is 11.4. The van der Waals surface area contributed by atoms with Gasteiger partial charge in [0.15, 0.2) is 0 Å². The van der Waals surface area contributed by atoms with Gasteiger partial charge in [-0.3, -0.25) is 4.79 Å². The second kappa shape index (κ2) is 6.82. The van der Waals surface area contributed by atoms with Crippen molar-refractivity contribution in [2.24, 2.45) is 5.73 Å². The fourth-order valence-electron chi connectivity index (χ4n) is 0.983. The first-order valence-electron chi connectivity index (χ1n) is 4.43. The van der Waals surface area contributed by atoms with Crippen molar-refractivity contribution in [3.8, 4) is 0 Å². The summed E-state index contributed by atoms with van der Waals surface area (Å²) in [4.78, 5) is 12.8. The van der Waals surface area contributed by atoms with Crippen molar-refractivity contribution < 1.29 is 15.0 Å². The molecule has 5 nitrogen and oxygen atoms in total. The van der Waals surface area contributed by atoms with Gasteiger partial charge in [0.2, 0.25) is 5.91 Å². The minimum Gasteiger partial charge on any atom is -0.395 e. The molecule has 0 unspecified atom stereocenters. The van der Waals surface area contributed by atoms with E-state index in [4.69, 9.17) is 15.9 Å². The van der Waals surface area contributed by atoms with Crippen LogP contribution in [0.25, 0.3) is 0 Å². The fourth-order valence-corrected chi connectivity index (χ4v) is 0.983. The maximum Gasteiger partial charge on any atom is 0.239 e. The predicted molar refractivity (Wildman–Crippen MR) is 49.0 cm³/mol. The van der Waals surface area contributed by atoms with Gasteiger partial charge >= 0.3 is 0 Å². The minimum absolute atomic E-state index is 0.109. The summed E-state index contributed by atoms with van der Waals surface area (Å²) in [5, 5.41) is 17.3. The molecule has 0 aromatic heterocycles. The van der Waals surface area contributed by atoms with Crippen LogP contribution in [-0.4, -0.2) is 53.4 Å². The second-order valence-electron chi connectivity index (χ2n) is 2.79. The number of hydrogen-bond acceptors (Lipinski definition) is 4. The van der Waals surface area contributed by atoms with Gasteiger partial charge in [-0.15, -0.1) is 0 Å². The number of amides is 1. The van der Waals surface area contributed by atoms with E-state index in [0.717, 1.165) is 0 Å². The molecule has 0 fully saturated rings. The van der Waals surface area contributed by atoms with Crippen LogP contribution in [0, 0.1) is 0 Å². The van der Waals surface area contributed by atoms with Crippen LogP contribution in [-0.2, 0) is 4.79 Å². The molecular weight excluding hydrogens is 172 g/mol. The van der Waals surface area contributed by atoms with E-state index >= 15 is 0 Å². The van der Waals surface area contributed by atoms with E-state index in [1.165, 1.54) is 4.90 Å². The molecule has 0 aromatic carbocycles. The summed E-state index contributed by atoms with van der Waals surface area (Å²) in [6.07, 6.45) is 0.562. The minimum atomic E-state index is -0.530. The summed E-state index contributed by atoms with van der Waals surface area (Å²) in [6.45, 7) is 2.06. The van der Waals surface area contributed by atoms with Gasteiger partial charge in [0.05, 0.1) is 19.3 Å². The highest BCUT2D eigenvalue weighted by molar-refractivity contribution is 5.81. The first kappa shape index (κ1) is 12.3. The van der Waals surface area contributed by atoms with Gasteiger partial charge in [-0.1, -0.05) is 6.92 Å². The van der Waals surface area contributed by atoms with Crippen LogP contribution in [0.1, 0.15) is 13.3 Å².